The van der Waals surface area contributed by atoms with E-state index in [-0.39, 0.29) is 5.56 Å². The lowest BCUT2D eigenvalue weighted by molar-refractivity contribution is -0.159. The Hall–Kier alpha value is -3.17. The Bertz CT molecular complexity index is 439. The maximum absolute atomic E-state index is 10.2. The molecule has 0 unspecified atom stereocenters. The Balaban J connectivity index is 0. The first-order chi connectivity index (χ1) is 8.68. The fourth-order valence-corrected chi connectivity index (χ4v) is 0.377. The molecule has 0 aliphatic carbocycles. The molecule has 1 rings (SSSR count). The van der Waals surface area contributed by atoms with Gasteiger partial charge in [-0.05, 0) is 6.07 Å². The molecule has 10 nitrogen and oxygen atoms in total. The summed E-state index contributed by atoms with van der Waals surface area (Å²) in [5, 5.41) is 29.6. The van der Waals surface area contributed by atoms with Gasteiger partial charge in [-0.15, -0.1) is 0 Å². The molecular formula is C9H9NO9. The number of hydrogen-bond donors (Lipinski definition) is 5. The van der Waals surface area contributed by atoms with Gasteiger partial charge in [0.1, 0.15) is 0 Å². The standard InChI is InChI=1S/C5H5NO.2C2H2O4/c7-5-3-1-2-4-6-5;2*3-1(4)2(5)6/h1-4H,(H,6,7);2*(H,3,4)(H,5,6). The van der Waals surface area contributed by atoms with E-state index in [4.69, 9.17) is 39.6 Å². The summed E-state index contributed by atoms with van der Waals surface area (Å²) in [7, 11) is 0. The largest absolute Gasteiger partial charge is 0.473 e. The average molecular weight is 275 g/mol. The van der Waals surface area contributed by atoms with Crippen molar-refractivity contribution < 1.29 is 39.6 Å². The Kier molecular flexibility index (Phi) is 9.59. The van der Waals surface area contributed by atoms with Gasteiger partial charge in [-0.1, -0.05) is 6.07 Å². The lowest BCUT2D eigenvalue weighted by Gasteiger charge is -1.73. The van der Waals surface area contributed by atoms with E-state index in [2.05, 4.69) is 4.98 Å². The Labute approximate surface area is 104 Å². The van der Waals surface area contributed by atoms with Crippen LogP contribution >= 0.6 is 0 Å². The first-order valence-corrected chi connectivity index (χ1v) is 4.24. The summed E-state index contributed by atoms with van der Waals surface area (Å²) >= 11 is 0. The predicted molar refractivity (Wildman–Crippen MR) is 57.6 cm³/mol. The zero-order valence-corrected chi connectivity index (χ0v) is 9.14. The molecule has 0 saturated heterocycles. The maximum Gasteiger partial charge on any atom is 0.414 e. The monoisotopic (exact) mass is 275 g/mol. The highest BCUT2D eigenvalue weighted by molar-refractivity contribution is 6.27. The lowest BCUT2D eigenvalue weighted by Crippen LogP contribution is -2.09. The van der Waals surface area contributed by atoms with Gasteiger partial charge in [-0.2, -0.15) is 0 Å². The normalized spacial score (nSPS) is 7.79. The number of carboxylic acid groups (broad SMARTS) is 4. The summed E-state index contributed by atoms with van der Waals surface area (Å²) in [6, 6.07) is 4.93. The van der Waals surface area contributed by atoms with Crippen molar-refractivity contribution in [1.82, 2.24) is 4.98 Å². The minimum Gasteiger partial charge on any atom is -0.473 e. The summed E-state index contributed by atoms with van der Waals surface area (Å²) in [5.74, 6) is -7.30. The van der Waals surface area contributed by atoms with Gasteiger partial charge in [0.2, 0.25) is 5.56 Å². The van der Waals surface area contributed by atoms with Crippen molar-refractivity contribution in [1.29, 1.82) is 0 Å². The first kappa shape index (κ1) is 18.2. The number of nitrogens with one attached hydrogen (secondary N) is 1. The van der Waals surface area contributed by atoms with Crippen LogP contribution < -0.4 is 5.56 Å². The van der Waals surface area contributed by atoms with Crippen LogP contribution in [0, 0.1) is 0 Å². The van der Waals surface area contributed by atoms with E-state index in [1.165, 1.54) is 6.07 Å². The minimum absolute atomic E-state index is 0.0532. The maximum atomic E-state index is 10.2. The number of H-pyrrole nitrogens is 1. The van der Waals surface area contributed by atoms with Crippen LogP contribution in [0.25, 0.3) is 0 Å². The molecule has 1 aromatic rings. The molecule has 1 aromatic heterocycles. The smallest absolute Gasteiger partial charge is 0.414 e. The van der Waals surface area contributed by atoms with Gasteiger partial charge >= 0.3 is 23.9 Å². The van der Waals surface area contributed by atoms with Gasteiger partial charge in [-0.25, -0.2) is 19.2 Å². The predicted octanol–water partition coefficient (Wildman–Crippen LogP) is -1.31. The number of aliphatic carboxylic acids is 4. The lowest BCUT2D eigenvalue weighted by atomic mass is 10.5. The van der Waals surface area contributed by atoms with Crippen LogP contribution in [-0.2, 0) is 19.2 Å². The van der Waals surface area contributed by atoms with Crippen molar-refractivity contribution in [2.45, 2.75) is 0 Å². The second-order valence-corrected chi connectivity index (χ2v) is 2.45. The van der Waals surface area contributed by atoms with Gasteiger partial charge in [-0.3, -0.25) is 4.79 Å². The summed E-state index contributed by atoms with van der Waals surface area (Å²) in [6.07, 6.45) is 1.60. The van der Waals surface area contributed by atoms with Gasteiger partial charge in [0.15, 0.2) is 0 Å². The molecule has 0 radical (unpaired) electrons. The van der Waals surface area contributed by atoms with Crippen LogP contribution in [0.5, 0.6) is 0 Å². The second kappa shape index (κ2) is 10.0. The molecule has 0 atom stereocenters. The summed E-state index contributed by atoms with van der Waals surface area (Å²) < 4.78 is 0. The molecule has 19 heavy (non-hydrogen) atoms. The average Bonchev–Trinajstić information content (AvgIpc) is 2.31. The van der Waals surface area contributed by atoms with Crippen molar-refractivity contribution >= 4 is 23.9 Å². The fraction of sp³-hybridized carbons (Fsp3) is 0. The summed E-state index contributed by atoms with van der Waals surface area (Å²) in [6.45, 7) is 0. The molecule has 0 aromatic carbocycles. The van der Waals surface area contributed by atoms with E-state index in [0.29, 0.717) is 0 Å². The van der Waals surface area contributed by atoms with Gasteiger partial charge in [0.25, 0.3) is 0 Å². The van der Waals surface area contributed by atoms with Crippen molar-refractivity contribution in [2.24, 2.45) is 0 Å². The number of hydrogen-bond acceptors (Lipinski definition) is 5. The van der Waals surface area contributed by atoms with Crippen LogP contribution in [-0.4, -0.2) is 49.3 Å². The van der Waals surface area contributed by atoms with E-state index in [1.807, 2.05) is 0 Å². The topological polar surface area (TPSA) is 182 Å². The van der Waals surface area contributed by atoms with Gasteiger partial charge in [0.05, 0.1) is 0 Å². The van der Waals surface area contributed by atoms with Crippen LogP contribution in [0.15, 0.2) is 29.2 Å². The number of carbonyl (C=O) groups is 4. The van der Waals surface area contributed by atoms with Crippen LogP contribution in [0.4, 0.5) is 0 Å². The molecule has 0 fully saturated rings. The quantitative estimate of drug-likeness (QED) is 0.358. The third-order valence-electron chi connectivity index (χ3n) is 1.05. The Morgan fingerprint density at radius 1 is 0.789 bits per heavy atom. The molecule has 0 saturated carbocycles. The minimum atomic E-state index is -1.82. The number of pyridine rings is 1. The molecule has 0 spiro atoms. The SMILES string of the molecule is O=C(O)C(=O)O.O=C(O)C(=O)O.O=c1cccc[nH]1. The second-order valence-electron chi connectivity index (χ2n) is 2.45. The third-order valence-corrected chi connectivity index (χ3v) is 1.05. The zero-order chi connectivity index (χ0) is 15.4. The number of aromatic nitrogens is 1. The van der Waals surface area contributed by atoms with Gasteiger partial charge in [0, 0.05) is 12.3 Å². The zero-order valence-electron chi connectivity index (χ0n) is 9.14. The number of aromatic amines is 1. The summed E-state index contributed by atoms with van der Waals surface area (Å²) in [4.78, 5) is 49.1. The van der Waals surface area contributed by atoms with Crippen molar-refractivity contribution in [3.8, 4) is 0 Å². The van der Waals surface area contributed by atoms with E-state index in [9.17, 15) is 4.79 Å². The van der Waals surface area contributed by atoms with E-state index < -0.39 is 23.9 Å². The number of rotatable bonds is 0. The van der Waals surface area contributed by atoms with Crippen LogP contribution in [0.3, 0.4) is 0 Å². The molecule has 10 heteroatoms. The molecule has 0 aliphatic heterocycles. The van der Waals surface area contributed by atoms with Crippen LogP contribution in [0.2, 0.25) is 0 Å². The Morgan fingerprint density at radius 2 is 1.16 bits per heavy atom. The Morgan fingerprint density at radius 3 is 1.26 bits per heavy atom. The van der Waals surface area contributed by atoms with Crippen molar-refractivity contribution in [3.63, 3.8) is 0 Å². The molecular weight excluding hydrogens is 266 g/mol. The van der Waals surface area contributed by atoms with Crippen molar-refractivity contribution in [2.75, 3.05) is 0 Å². The molecule has 0 bridgehead atoms. The molecule has 5 N–H and O–H groups in total. The third kappa shape index (κ3) is 14.8. The highest BCUT2D eigenvalue weighted by Crippen LogP contribution is 1.67. The first-order valence-electron chi connectivity index (χ1n) is 4.24. The summed E-state index contributed by atoms with van der Waals surface area (Å²) in [5.41, 5.74) is -0.0532. The van der Waals surface area contributed by atoms with Crippen LogP contribution in [0.1, 0.15) is 0 Å². The van der Waals surface area contributed by atoms with Gasteiger partial charge < -0.3 is 25.4 Å². The molecule has 0 amide bonds. The fourth-order valence-electron chi connectivity index (χ4n) is 0.377. The van der Waals surface area contributed by atoms with E-state index in [0.717, 1.165) is 0 Å². The highest BCUT2D eigenvalue weighted by atomic mass is 16.4. The molecule has 1 heterocycles. The highest BCUT2D eigenvalue weighted by Gasteiger charge is 2.04. The van der Waals surface area contributed by atoms with E-state index in [1.54, 1.807) is 18.3 Å². The number of carboxylic acids is 4. The van der Waals surface area contributed by atoms with Crippen molar-refractivity contribution in [3.05, 3.63) is 34.7 Å². The molecule has 104 valence electrons. The van der Waals surface area contributed by atoms with E-state index >= 15 is 0 Å². The molecule has 0 aliphatic rings.